The predicted molar refractivity (Wildman–Crippen MR) is 162 cm³/mol. The van der Waals surface area contributed by atoms with Gasteiger partial charge in [-0.1, -0.05) is 61.5 Å². The number of hydrogen-bond acceptors (Lipinski definition) is 9. The molecule has 44 heavy (non-hydrogen) atoms. The quantitative estimate of drug-likeness (QED) is 0.146. The normalized spacial score (nSPS) is 21.0. The van der Waals surface area contributed by atoms with Gasteiger partial charge in [-0.15, -0.1) is 11.8 Å². The summed E-state index contributed by atoms with van der Waals surface area (Å²) < 4.78 is 17.6. The third-order valence-corrected chi connectivity index (χ3v) is 8.80. The maximum absolute atomic E-state index is 12.8. The van der Waals surface area contributed by atoms with Crippen LogP contribution in [0.4, 0.5) is 0 Å². The first-order chi connectivity index (χ1) is 21.4. The van der Waals surface area contributed by atoms with E-state index in [0.29, 0.717) is 5.75 Å². The van der Waals surface area contributed by atoms with E-state index in [4.69, 9.17) is 9.47 Å². The molecule has 4 unspecified atom stereocenters. The molecular formula is C34H30N2O7S. The zero-order chi connectivity index (χ0) is 30.6. The van der Waals surface area contributed by atoms with Crippen molar-refractivity contribution in [3.8, 4) is 0 Å². The van der Waals surface area contributed by atoms with Crippen molar-refractivity contribution in [3.63, 3.8) is 0 Å². The number of carbonyl (C=O) groups is 3. The number of rotatable bonds is 9. The number of aliphatic hydroxyl groups excluding tert-OH is 1. The number of hydrogen-bond donors (Lipinski definition) is 2. The van der Waals surface area contributed by atoms with E-state index < -0.39 is 18.2 Å². The van der Waals surface area contributed by atoms with Crippen molar-refractivity contribution in [2.45, 2.75) is 43.6 Å². The van der Waals surface area contributed by atoms with Crippen molar-refractivity contribution in [2.75, 3.05) is 5.75 Å². The number of pyridine rings is 1. The molecule has 4 aromatic rings. The molecule has 224 valence electrons. The van der Waals surface area contributed by atoms with Crippen molar-refractivity contribution in [1.29, 1.82) is 0 Å². The minimum absolute atomic E-state index is 0.0216. The molecule has 0 bridgehead atoms. The summed E-state index contributed by atoms with van der Waals surface area (Å²) in [4.78, 5) is 40.7. The zero-order valence-electron chi connectivity index (χ0n) is 23.8. The van der Waals surface area contributed by atoms with Crippen LogP contribution in [0, 0.1) is 5.92 Å². The van der Waals surface area contributed by atoms with Crippen molar-refractivity contribution in [3.05, 3.63) is 130 Å². The second kappa shape index (κ2) is 13.1. The van der Waals surface area contributed by atoms with Gasteiger partial charge in [0.15, 0.2) is 6.29 Å². The van der Waals surface area contributed by atoms with Gasteiger partial charge < -0.3 is 24.6 Å². The number of esters is 2. The highest BCUT2D eigenvalue weighted by Gasteiger charge is 2.38. The molecule has 10 heteroatoms. The van der Waals surface area contributed by atoms with Crippen LogP contribution in [0.3, 0.4) is 0 Å². The highest BCUT2D eigenvalue weighted by molar-refractivity contribution is 7.99. The first kappa shape index (κ1) is 29.7. The molecule has 4 atom stereocenters. The Bertz CT molecular complexity index is 1660. The molecule has 2 N–H and O–H groups in total. The number of amides is 1. The molecule has 1 amide bonds. The monoisotopic (exact) mass is 610 g/mol. The zero-order valence-corrected chi connectivity index (χ0v) is 24.7. The van der Waals surface area contributed by atoms with Crippen LogP contribution in [0.25, 0.3) is 0 Å². The Kier molecular flexibility index (Phi) is 8.85. The Morgan fingerprint density at radius 3 is 2.34 bits per heavy atom. The average Bonchev–Trinajstić information content (AvgIpc) is 3.35. The number of nitrogens with zero attached hydrogens (tertiary/aromatic N) is 1. The van der Waals surface area contributed by atoms with Crippen LogP contribution in [0.15, 0.2) is 96.2 Å². The Hall–Kier alpha value is -4.35. The van der Waals surface area contributed by atoms with E-state index in [0.717, 1.165) is 27.3 Å². The van der Waals surface area contributed by atoms with Gasteiger partial charge in [0.2, 0.25) is 0 Å². The average molecular weight is 611 g/mol. The van der Waals surface area contributed by atoms with Gasteiger partial charge in [-0.3, -0.25) is 4.79 Å². The van der Waals surface area contributed by atoms with E-state index in [2.05, 4.69) is 22.0 Å². The molecular weight excluding hydrogens is 580 g/mol. The lowest BCUT2D eigenvalue weighted by molar-refractivity contribution is -0.268. The summed E-state index contributed by atoms with van der Waals surface area (Å²) in [6, 6.07) is 25.6. The Labute approximate surface area is 258 Å². The molecule has 1 aromatic heterocycles. The molecule has 0 spiro atoms. The number of benzene rings is 3. The van der Waals surface area contributed by atoms with Crippen LogP contribution in [0.1, 0.15) is 72.6 Å². The van der Waals surface area contributed by atoms with Gasteiger partial charge in [-0.05, 0) is 47.0 Å². The Morgan fingerprint density at radius 2 is 1.61 bits per heavy atom. The largest absolute Gasteiger partial charge is 0.392 e. The van der Waals surface area contributed by atoms with E-state index in [-0.39, 0.29) is 53.9 Å². The van der Waals surface area contributed by atoms with Gasteiger partial charge in [0.25, 0.3) is 5.91 Å². The molecule has 2 aliphatic heterocycles. The molecule has 0 saturated carbocycles. The molecule has 6 rings (SSSR count). The molecule has 1 saturated heterocycles. The van der Waals surface area contributed by atoms with E-state index in [9.17, 15) is 19.5 Å². The van der Waals surface area contributed by atoms with Crippen LogP contribution >= 0.6 is 11.8 Å². The summed E-state index contributed by atoms with van der Waals surface area (Å²) in [5.74, 6) is -1.08. The summed E-state index contributed by atoms with van der Waals surface area (Å²) in [5.41, 5.74) is 4.07. The first-order valence-corrected chi connectivity index (χ1v) is 15.2. The lowest BCUT2D eigenvalue weighted by atomic mass is 9.91. The fraction of sp³-hybridized carbons (Fsp3) is 0.235. The minimum atomic E-state index is -0.751. The van der Waals surface area contributed by atoms with Crippen LogP contribution in [-0.4, -0.2) is 39.8 Å². The van der Waals surface area contributed by atoms with E-state index >= 15 is 0 Å². The predicted octanol–water partition coefficient (Wildman–Crippen LogP) is 5.40. The van der Waals surface area contributed by atoms with Crippen molar-refractivity contribution < 1.29 is 33.7 Å². The summed E-state index contributed by atoms with van der Waals surface area (Å²) in [6.45, 7) is 2.36. The summed E-state index contributed by atoms with van der Waals surface area (Å²) >= 11 is 1.64. The van der Waals surface area contributed by atoms with Gasteiger partial charge in [-0.25, -0.2) is 14.6 Å². The number of ether oxygens (including phenoxy) is 3. The SMILES string of the molecule is CC1C(CSc2ccccn2)OC(c2ccc(CNC(=O)c3ccc4c(c3)C(=O)OC4=O)cc2)OC1c1ccc(CO)cc1. The van der Waals surface area contributed by atoms with Crippen molar-refractivity contribution >= 4 is 29.6 Å². The Balaban J connectivity index is 1.14. The number of fused-ring (bicyclic) bond motifs is 1. The lowest BCUT2D eigenvalue weighted by Gasteiger charge is -2.41. The van der Waals surface area contributed by atoms with Crippen LogP contribution in [0.5, 0.6) is 0 Å². The maximum Gasteiger partial charge on any atom is 0.346 e. The fourth-order valence-corrected chi connectivity index (χ4v) is 6.24. The fourth-order valence-electron chi connectivity index (χ4n) is 5.21. The number of aromatic nitrogens is 1. The van der Waals surface area contributed by atoms with Crippen molar-refractivity contribution in [2.24, 2.45) is 5.92 Å². The Morgan fingerprint density at radius 1 is 0.886 bits per heavy atom. The topological polar surface area (TPSA) is 124 Å². The number of nitrogens with one attached hydrogen (secondary N) is 1. The molecule has 9 nitrogen and oxygen atoms in total. The lowest BCUT2D eigenvalue weighted by Crippen LogP contribution is -2.38. The minimum Gasteiger partial charge on any atom is -0.392 e. The van der Waals surface area contributed by atoms with E-state index in [1.165, 1.54) is 18.2 Å². The standard InChI is InChI=1S/C34H30N2O7S/c1-20-28(19-44-29-4-2-3-15-35-29)41-34(42-30(20)23-9-7-22(18-37)8-10-23)24-11-5-21(6-12-24)17-36-31(38)25-13-14-26-27(16-25)33(40)43-32(26)39/h2-16,20,28,30,34,37H,17-19H2,1H3,(H,36,38). The van der Waals surface area contributed by atoms with Gasteiger partial charge in [-0.2, -0.15) is 0 Å². The third-order valence-electron chi connectivity index (χ3n) is 7.77. The molecule has 3 heterocycles. The first-order valence-electron chi connectivity index (χ1n) is 14.2. The van der Waals surface area contributed by atoms with E-state index in [1.807, 2.05) is 66.7 Å². The van der Waals surface area contributed by atoms with Gasteiger partial charge in [0.1, 0.15) is 0 Å². The number of aliphatic hydroxyl groups is 1. The third kappa shape index (κ3) is 6.44. The second-order valence-electron chi connectivity index (χ2n) is 10.7. The molecule has 2 aliphatic rings. The van der Waals surface area contributed by atoms with Gasteiger partial charge in [0, 0.05) is 35.5 Å². The number of carbonyl (C=O) groups excluding carboxylic acids is 3. The highest BCUT2D eigenvalue weighted by atomic mass is 32.2. The highest BCUT2D eigenvalue weighted by Crippen LogP contribution is 2.43. The maximum atomic E-state index is 12.8. The molecule has 0 radical (unpaired) electrons. The van der Waals surface area contributed by atoms with Crippen LogP contribution in [0.2, 0.25) is 0 Å². The summed E-state index contributed by atoms with van der Waals surface area (Å²) in [6.07, 6.45) is 0.816. The summed E-state index contributed by atoms with van der Waals surface area (Å²) in [5, 5.41) is 13.3. The molecule has 0 aliphatic carbocycles. The number of thioether (sulfide) groups is 1. The second-order valence-corrected chi connectivity index (χ2v) is 11.7. The smallest absolute Gasteiger partial charge is 0.346 e. The van der Waals surface area contributed by atoms with Crippen LogP contribution < -0.4 is 5.32 Å². The molecule has 3 aromatic carbocycles. The van der Waals surface area contributed by atoms with Gasteiger partial charge >= 0.3 is 11.9 Å². The van der Waals surface area contributed by atoms with Gasteiger partial charge in [0.05, 0.1) is 35.0 Å². The molecule has 1 fully saturated rings. The van der Waals surface area contributed by atoms with E-state index in [1.54, 1.807) is 18.0 Å². The summed E-state index contributed by atoms with van der Waals surface area (Å²) in [7, 11) is 0. The van der Waals surface area contributed by atoms with Crippen molar-refractivity contribution in [1.82, 2.24) is 10.3 Å². The number of cyclic esters (lactones) is 2. The van der Waals surface area contributed by atoms with Crippen LogP contribution in [-0.2, 0) is 27.4 Å².